The van der Waals surface area contributed by atoms with Gasteiger partial charge in [-0.15, -0.1) is 0 Å². The summed E-state index contributed by atoms with van der Waals surface area (Å²) in [5, 5.41) is 9.32. The number of aliphatic hydroxyl groups is 1. The summed E-state index contributed by atoms with van der Waals surface area (Å²) in [5.74, 6) is 0. The Balaban J connectivity index is 1.88. The van der Waals surface area contributed by atoms with Crippen molar-refractivity contribution in [3.63, 3.8) is 0 Å². The van der Waals surface area contributed by atoms with E-state index in [0.29, 0.717) is 6.04 Å². The topological polar surface area (TPSA) is 56.3 Å². The van der Waals surface area contributed by atoms with Crippen LogP contribution in [0.15, 0.2) is 23.0 Å². The molecule has 1 aromatic heterocycles. The van der Waals surface area contributed by atoms with Crippen LogP contribution in [0.5, 0.6) is 0 Å². The molecule has 1 aliphatic rings. The molecule has 0 spiro atoms. The second kappa shape index (κ2) is 7.64. The highest BCUT2D eigenvalue weighted by molar-refractivity contribution is 7.09. The normalized spacial score (nSPS) is 18.9. The Kier molecular flexibility index (Phi) is 5.54. The first-order valence-corrected chi connectivity index (χ1v) is 9.54. The standard InChI is InChI=1S/C19H26N2O2S/c1-13-6-7-15(11-14(13)2)18-17(24-19(23)20-18)12-21-9-4-3-5-16(21)8-10-22/h6-7,11,16,22H,3-5,8-10,12H2,1-2H3,(H,20,23). The molecule has 0 aliphatic carbocycles. The van der Waals surface area contributed by atoms with Crippen LogP contribution in [-0.2, 0) is 6.54 Å². The van der Waals surface area contributed by atoms with Crippen molar-refractivity contribution in [3.8, 4) is 11.3 Å². The molecule has 0 saturated carbocycles. The zero-order chi connectivity index (χ0) is 17.1. The number of nitrogens with one attached hydrogen (secondary N) is 1. The number of piperidine rings is 1. The molecule has 4 nitrogen and oxygen atoms in total. The lowest BCUT2D eigenvalue weighted by molar-refractivity contribution is 0.113. The minimum absolute atomic E-state index is 0.00828. The lowest BCUT2D eigenvalue weighted by atomic mass is 9.99. The third-order valence-electron chi connectivity index (χ3n) is 5.08. The van der Waals surface area contributed by atoms with Gasteiger partial charge in [-0.25, -0.2) is 0 Å². The highest BCUT2D eigenvalue weighted by atomic mass is 32.1. The molecule has 130 valence electrons. The number of hydrogen-bond acceptors (Lipinski definition) is 4. The maximum Gasteiger partial charge on any atom is 0.305 e. The Bertz CT molecular complexity index is 748. The number of thiazole rings is 1. The number of H-pyrrole nitrogens is 1. The van der Waals surface area contributed by atoms with Gasteiger partial charge >= 0.3 is 4.87 Å². The van der Waals surface area contributed by atoms with Crippen molar-refractivity contribution >= 4 is 11.3 Å². The van der Waals surface area contributed by atoms with E-state index >= 15 is 0 Å². The van der Waals surface area contributed by atoms with Gasteiger partial charge < -0.3 is 10.1 Å². The average Bonchev–Trinajstić information content (AvgIpc) is 2.93. The molecule has 0 amide bonds. The number of aliphatic hydroxyl groups excluding tert-OH is 1. The molecule has 1 fully saturated rings. The van der Waals surface area contributed by atoms with E-state index in [0.717, 1.165) is 42.1 Å². The van der Waals surface area contributed by atoms with Crippen molar-refractivity contribution in [1.82, 2.24) is 9.88 Å². The van der Waals surface area contributed by atoms with Gasteiger partial charge in [-0.2, -0.15) is 0 Å². The van der Waals surface area contributed by atoms with Gasteiger partial charge in [0.25, 0.3) is 0 Å². The molecule has 2 N–H and O–H groups in total. The summed E-state index contributed by atoms with van der Waals surface area (Å²) >= 11 is 1.32. The van der Waals surface area contributed by atoms with Crippen molar-refractivity contribution in [2.75, 3.05) is 13.2 Å². The van der Waals surface area contributed by atoms with Crippen LogP contribution < -0.4 is 4.87 Å². The van der Waals surface area contributed by atoms with Crippen LogP contribution in [-0.4, -0.2) is 34.2 Å². The van der Waals surface area contributed by atoms with Crippen molar-refractivity contribution < 1.29 is 5.11 Å². The largest absolute Gasteiger partial charge is 0.396 e. The Hall–Kier alpha value is -1.43. The number of hydrogen-bond donors (Lipinski definition) is 2. The summed E-state index contributed by atoms with van der Waals surface area (Å²) < 4.78 is 0. The summed E-state index contributed by atoms with van der Waals surface area (Å²) in [7, 11) is 0. The molecule has 1 saturated heterocycles. The molecule has 0 bridgehead atoms. The first-order chi connectivity index (χ1) is 11.6. The molecule has 3 rings (SSSR count). The molecule has 1 atom stereocenters. The molecule has 1 aromatic carbocycles. The summed E-state index contributed by atoms with van der Waals surface area (Å²) in [6.45, 7) is 6.27. The van der Waals surface area contributed by atoms with E-state index in [1.54, 1.807) is 0 Å². The van der Waals surface area contributed by atoms with E-state index in [1.807, 2.05) is 0 Å². The fourth-order valence-corrected chi connectivity index (χ4v) is 4.41. The number of aryl methyl sites for hydroxylation is 2. The molecule has 1 unspecified atom stereocenters. The van der Waals surface area contributed by atoms with Crippen molar-refractivity contribution in [2.24, 2.45) is 0 Å². The van der Waals surface area contributed by atoms with Gasteiger partial charge in [-0.3, -0.25) is 9.69 Å². The van der Waals surface area contributed by atoms with Gasteiger partial charge in [0.2, 0.25) is 0 Å². The monoisotopic (exact) mass is 346 g/mol. The van der Waals surface area contributed by atoms with Crippen LogP contribution in [0.25, 0.3) is 11.3 Å². The number of likely N-dealkylation sites (tertiary alicyclic amines) is 1. The SMILES string of the molecule is Cc1ccc(-c2[nH]c(=O)sc2CN2CCCCC2CCO)cc1C. The number of aromatic nitrogens is 1. The fraction of sp³-hybridized carbons (Fsp3) is 0.526. The smallest absolute Gasteiger partial charge is 0.305 e. The minimum atomic E-state index is 0.00828. The summed E-state index contributed by atoms with van der Waals surface area (Å²) in [6.07, 6.45) is 4.38. The minimum Gasteiger partial charge on any atom is -0.396 e. The molecule has 1 aliphatic heterocycles. The summed E-state index contributed by atoms with van der Waals surface area (Å²) in [4.78, 5) is 18.6. The number of rotatable bonds is 5. The second-order valence-electron chi connectivity index (χ2n) is 6.74. The van der Waals surface area contributed by atoms with E-state index in [-0.39, 0.29) is 11.5 Å². The van der Waals surface area contributed by atoms with E-state index < -0.39 is 0 Å². The zero-order valence-corrected chi connectivity index (χ0v) is 15.3. The summed E-state index contributed by atoms with van der Waals surface area (Å²) in [5.41, 5.74) is 4.54. The Morgan fingerprint density at radius 2 is 2.12 bits per heavy atom. The molecular weight excluding hydrogens is 320 g/mol. The van der Waals surface area contributed by atoms with Gasteiger partial charge in [0.05, 0.1) is 5.69 Å². The molecule has 5 heteroatoms. The lowest BCUT2D eigenvalue weighted by Crippen LogP contribution is -2.39. The van der Waals surface area contributed by atoms with Gasteiger partial charge in [-0.1, -0.05) is 29.9 Å². The molecule has 2 heterocycles. The van der Waals surface area contributed by atoms with Gasteiger partial charge in [0.1, 0.15) is 0 Å². The van der Waals surface area contributed by atoms with Crippen LogP contribution in [0.4, 0.5) is 0 Å². The van der Waals surface area contributed by atoms with Crippen LogP contribution >= 0.6 is 11.3 Å². The van der Waals surface area contributed by atoms with E-state index in [1.165, 1.54) is 35.3 Å². The van der Waals surface area contributed by atoms with E-state index in [2.05, 4.69) is 41.9 Å². The van der Waals surface area contributed by atoms with Gasteiger partial charge in [0, 0.05) is 24.1 Å². The third kappa shape index (κ3) is 3.79. The average molecular weight is 346 g/mol. The first-order valence-electron chi connectivity index (χ1n) is 8.73. The van der Waals surface area contributed by atoms with Crippen molar-refractivity contribution in [2.45, 2.75) is 52.1 Å². The van der Waals surface area contributed by atoms with Gasteiger partial charge in [0.15, 0.2) is 0 Å². The lowest BCUT2D eigenvalue weighted by Gasteiger charge is -2.35. The summed E-state index contributed by atoms with van der Waals surface area (Å²) in [6, 6.07) is 6.78. The highest BCUT2D eigenvalue weighted by Gasteiger charge is 2.24. The van der Waals surface area contributed by atoms with Crippen LogP contribution in [0.1, 0.15) is 41.7 Å². The molecule has 0 radical (unpaired) electrons. The second-order valence-corrected chi connectivity index (χ2v) is 7.81. The molecule has 2 aromatic rings. The third-order valence-corrected chi connectivity index (χ3v) is 5.94. The number of nitrogens with zero attached hydrogens (tertiary/aromatic N) is 1. The molecule has 24 heavy (non-hydrogen) atoms. The highest BCUT2D eigenvalue weighted by Crippen LogP contribution is 2.29. The quantitative estimate of drug-likeness (QED) is 0.872. The van der Waals surface area contributed by atoms with E-state index in [9.17, 15) is 9.90 Å². The van der Waals surface area contributed by atoms with Gasteiger partial charge in [-0.05, 0) is 62.4 Å². The fourth-order valence-electron chi connectivity index (χ4n) is 3.53. The maximum atomic E-state index is 12.0. The molecular formula is C19H26N2O2S. The van der Waals surface area contributed by atoms with Crippen LogP contribution in [0.3, 0.4) is 0 Å². The van der Waals surface area contributed by atoms with Crippen molar-refractivity contribution in [1.29, 1.82) is 0 Å². The van der Waals surface area contributed by atoms with E-state index in [4.69, 9.17) is 0 Å². The number of benzene rings is 1. The number of aromatic amines is 1. The Morgan fingerprint density at radius 3 is 2.88 bits per heavy atom. The van der Waals surface area contributed by atoms with Crippen LogP contribution in [0, 0.1) is 13.8 Å². The zero-order valence-electron chi connectivity index (χ0n) is 14.5. The predicted molar refractivity (Wildman–Crippen MR) is 99.6 cm³/mol. The maximum absolute atomic E-state index is 12.0. The Morgan fingerprint density at radius 1 is 1.29 bits per heavy atom. The Labute approximate surface area is 147 Å². The first kappa shape index (κ1) is 17.4. The predicted octanol–water partition coefficient (Wildman–Crippen LogP) is 3.46. The van der Waals surface area contributed by atoms with Crippen LogP contribution in [0.2, 0.25) is 0 Å². The van der Waals surface area contributed by atoms with Crippen molar-refractivity contribution in [3.05, 3.63) is 43.9 Å².